The molecule has 0 bridgehead atoms. The lowest BCUT2D eigenvalue weighted by atomic mass is 10.2. The van der Waals surface area contributed by atoms with E-state index in [1.807, 2.05) is 31.2 Å². The third-order valence-corrected chi connectivity index (χ3v) is 3.42. The fourth-order valence-electron chi connectivity index (χ4n) is 1.95. The van der Waals surface area contributed by atoms with Crippen molar-refractivity contribution in [3.63, 3.8) is 0 Å². The molecule has 0 saturated heterocycles. The van der Waals surface area contributed by atoms with Gasteiger partial charge in [0, 0.05) is 13.6 Å². The summed E-state index contributed by atoms with van der Waals surface area (Å²) in [6.07, 6.45) is 0. The highest BCUT2D eigenvalue weighted by Gasteiger charge is 2.08. The molecular formula is C18H21FN2O2. The zero-order valence-corrected chi connectivity index (χ0v) is 13.4. The van der Waals surface area contributed by atoms with E-state index in [1.165, 1.54) is 17.7 Å². The number of carbonyl (C=O) groups excluding carboxylic acids is 1. The Labute approximate surface area is 135 Å². The molecule has 0 spiro atoms. The van der Waals surface area contributed by atoms with E-state index in [-0.39, 0.29) is 11.8 Å². The van der Waals surface area contributed by atoms with Crippen LogP contribution in [-0.4, -0.2) is 31.1 Å². The van der Waals surface area contributed by atoms with E-state index in [1.54, 1.807) is 24.1 Å². The predicted octanol–water partition coefficient (Wildman–Crippen LogP) is 3.35. The molecule has 2 aromatic rings. The van der Waals surface area contributed by atoms with Crippen LogP contribution in [0, 0.1) is 12.7 Å². The number of aryl methyl sites for hydroxylation is 1. The van der Waals surface area contributed by atoms with Crippen LogP contribution in [0.2, 0.25) is 0 Å². The molecule has 0 atom stereocenters. The lowest BCUT2D eigenvalue weighted by Gasteiger charge is -2.18. The highest BCUT2D eigenvalue weighted by Crippen LogP contribution is 2.11. The highest BCUT2D eigenvalue weighted by molar-refractivity contribution is 5.73. The summed E-state index contributed by atoms with van der Waals surface area (Å²) in [5.74, 6) is 0.501. The zero-order chi connectivity index (χ0) is 16.7. The van der Waals surface area contributed by atoms with Crippen molar-refractivity contribution >= 4 is 6.03 Å². The van der Waals surface area contributed by atoms with E-state index in [4.69, 9.17) is 4.74 Å². The molecule has 0 saturated carbocycles. The average Bonchev–Trinajstić information content (AvgIpc) is 2.55. The van der Waals surface area contributed by atoms with Crippen LogP contribution in [0.3, 0.4) is 0 Å². The van der Waals surface area contributed by atoms with Gasteiger partial charge < -0.3 is 15.0 Å². The minimum atomic E-state index is -0.287. The van der Waals surface area contributed by atoms with Gasteiger partial charge in [-0.15, -0.1) is 0 Å². The predicted molar refractivity (Wildman–Crippen MR) is 87.9 cm³/mol. The van der Waals surface area contributed by atoms with Gasteiger partial charge in [0.1, 0.15) is 18.2 Å². The maximum absolute atomic E-state index is 12.8. The minimum Gasteiger partial charge on any atom is -0.492 e. The number of benzene rings is 2. The second-order valence-corrected chi connectivity index (χ2v) is 5.37. The van der Waals surface area contributed by atoms with Crippen molar-refractivity contribution in [3.8, 4) is 5.75 Å². The minimum absolute atomic E-state index is 0.193. The van der Waals surface area contributed by atoms with Crippen LogP contribution in [0.1, 0.15) is 11.1 Å². The normalized spacial score (nSPS) is 10.2. The molecule has 4 nitrogen and oxygen atoms in total. The Morgan fingerprint density at radius 2 is 1.78 bits per heavy atom. The average molecular weight is 316 g/mol. The third kappa shape index (κ3) is 5.62. The number of nitrogens with one attached hydrogen (secondary N) is 1. The number of rotatable bonds is 6. The summed E-state index contributed by atoms with van der Waals surface area (Å²) in [5, 5.41) is 2.78. The molecule has 122 valence electrons. The number of likely N-dealkylation sites (N-methyl/N-ethyl adjacent to an activating group) is 1. The number of amides is 2. The molecule has 0 unspecified atom stereocenters. The van der Waals surface area contributed by atoms with Crippen LogP contribution in [0.25, 0.3) is 0 Å². The highest BCUT2D eigenvalue weighted by atomic mass is 19.1. The van der Waals surface area contributed by atoms with Crippen LogP contribution in [-0.2, 0) is 6.54 Å². The molecule has 5 heteroatoms. The van der Waals surface area contributed by atoms with Crippen molar-refractivity contribution in [2.75, 3.05) is 20.2 Å². The number of carbonyl (C=O) groups is 1. The van der Waals surface area contributed by atoms with E-state index in [2.05, 4.69) is 5.32 Å². The second-order valence-electron chi connectivity index (χ2n) is 5.37. The van der Waals surface area contributed by atoms with Crippen molar-refractivity contribution in [1.29, 1.82) is 0 Å². The van der Waals surface area contributed by atoms with Crippen molar-refractivity contribution in [2.45, 2.75) is 13.5 Å². The molecule has 23 heavy (non-hydrogen) atoms. The van der Waals surface area contributed by atoms with E-state index >= 15 is 0 Å². The van der Waals surface area contributed by atoms with Crippen LogP contribution < -0.4 is 10.1 Å². The van der Waals surface area contributed by atoms with Gasteiger partial charge in [-0.2, -0.15) is 0 Å². The van der Waals surface area contributed by atoms with Crippen molar-refractivity contribution in [1.82, 2.24) is 10.2 Å². The van der Waals surface area contributed by atoms with E-state index in [0.29, 0.717) is 19.7 Å². The largest absolute Gasteiger partial charge is 0.492 e. The fraction of sp³-hybridized carbons (Fsp3) is 0.278. The molecule has 0 aromatic heterocycles. The summed E-state index contributed by atoms with van der Waals surface area (Å²) in [7, 11) is 1.71. The first kappa shape index (κ1) is 16.8. The second kappa shape index (κ2) is 8.17. The van der Waals surface area contributed by atoms with Crippen molar-refractivity contribution < 1.29 is 13.9 Å². The summed E-state index contributed by atoms with van der Waals surface area (Å²) < 4.78 is 18.4. The zero-order valence-electron chi connectivity index (χ0n) is 13.4. The number of halogens is 1. The van der Waals surface area contributed by atoms with Gasteiger partial charge in [-0.3, -0.25) is 0 Å². The summed E-state index contributed by atoms with van der Waals surface area (Å²) in [6, 6.07) is 13.6. The molecule has 0 aliphatic heterocycles. The standard InChI is InChI=1S/C18H21FN2O2/c1-14-3-9-17(10-4-14)23-12-11-21(2)18(22)20-13-15-5-7-16(19)8-6-15/h3-10H,11-13H2,1-2H3,(H,20,22). The van der Waals surface area contributed by atoms with Crippen LogP contribution >= 0.6 is 0 Å². The van der Waals surface area contributed by atoms with Gasteiger partial charge in [0.05, 0.1) is 6.54 Å². The van der Waals surface area contributed by atoms with Crippen LogP contribution in [0.15, 0.2) is 48.5 Å². The van der Waals surface area contributed by atoms with Crippen molar-refractivity contribution in [2.24, 2.45) is 0 Å². The SMILES string of the molecule is Cc1ccc(OCCN(C)C(=O)NCc2ccc(F)cc2)cc1. The van der Waals surface area contributed by atoms with Crippen LogP contribution in [0.4, 0.5) is 9.18 Å². The van der Waals surface area contributed by atoms with E-state index in [9.17, 15) is 9.18 Å². The number of nitrogens with zero attached hydrogens (tertiary/aromatic N) is 1. The molecule has 1 N–H and O–H groups in total. The summed E-state index contributed by atoms with van der Waals surface area (Å²) in [4.78, 5) is 13.5. The first-order chi connectivity index (χ1) is 11.0. The molecule has 2 aromatic carbocycles. The molecule has 0 fully saturated rings. The first-order valence-electron chi connectivity index (χ1n) is 7.47. The fourth-order valence-corrected chi connectivity index (χ4v) is 1.95. The third-order valence-electron chi connectivity index (χ3n) is 3.42. The first-order valence-corrected chi connectivity index (χ1v) is 7.47. The smallest absolute Gasteiger partial charge is 0.317 e. The van der Waals surface area contributed by atoms with Gasteiger partial charge in [-0.25, -0.2) is 9.18 Å². The van der Waals surface area contributed by atoms with Gasteiger partial charge >= 0.3 is 6.03 Å². The summed E-state index contributed by atoms with van der Waals surface area (Å²) >= 11 is 0. The van der Waals surface area contributed by atoms with Crippen molar-refractivity contribution in [3.05, 3.63) is 65.5 Å². The van der Waals surface area contributed by atoms with Gasteiger partial charge in [0.2, 0.25) is 0 Å². The monoisotopic (exact) mass is 316 g/mol. The molecule has 0 heterocycles. The molecular weight excluding hydrogens is 295 g/mol. The van der Waals surface area contributed by atoms with E-state index < -0.39 is 0 Å². The molecule has 0 aliphatic carbocycles. The Hall–Kier alpha value is -2.56. The Bertz CT molecular complexity index is 626. The van der Waals surface area contributed by atoms with Crippen LogP contribution in [0.5, 0.6) is 5.75 Å². The number of hydrogen-bond donors (Lipinski definition) is 1. The summed E-state index contributed by atoms with van der Waals surface area (Å²) in [5.41, 5.74) is 2.03. The summed E-state index contributed by atoms with van der Waals surface area (Å²) in [6.45, 7) is 3.28. The van der Waals surface area contributed by atoms with Gasteiger partial charge in [0.25, 0.3) is 0 Å². The Kier molecular flexibility index (Phi) is 5.97. The lowest BCUT2D eigenvalue weighted by molar-refractivity contribution is 0.195. The maximum Gasteiger partial charge on any atom is 0.317 e. The number of urea groups is 1. The number of hydrogen-bond acceptors (Lipinski definition) is 2. The topological polar surface area (TPSA) is 41.6 Å². The Balaban J connectivity index is 1.70. The molecule has 0 radical (unpaired) electrons. The van der Waals surface area contributed by atoms with Gasteiger partial charge in [-0.05, 0) is 36.8 Å². The Morgan fingerprint density at radius 3 is 2.43 bits per heavy atom. The number of ether oxygens (including phenoxy) is 1. The van der Waals surface area contributed by atoms with Gasteiger partial charge in [0.15, 0.2) is 0 Å². The van der Waals surface area contributed by atoms with E-state index in [0.717, 1.165) is 11.3 Å². The Morgan fingerprint density at radius 1 is 1.13 bits per heavy atom. The molecule has 2 amide bonds. The maximum atomic E-state index is 12.8. The lowest BCUT2D eigenvalue weighted by Crippen LogP contribution is -2.39. The van der Waals surface area contributed by atoms with Gasteiger partial charge in [-0.1, -0.05) is 29.8 Å². The molecule has 2 rings (SSSR count). The quantitative estimate of drug-likeness (QED) is 0.888. The molecule has 0 aliphatic rings.